The number of halogens is 1. The van der Waals surface area contributed by atoms with Crippen molar-refractivity contribution in [2.75, 3.05) is 14.2 Å². The molecule has 128 valence electrons. The molecule has 0 spiro atoms. The van der Waals surface area contributed by atoms with Gasteiger partial charge >= 0.3 is 0 Å². The average Bonchev–Trinajstić information content (AvgIpc) is 2.58. The topological polar surface area (TPSA) is 45.7 Å². The third kappa shape index (κ3) is 4.72. The van der Waals surface area contributed by atoms with Gasteiger partial charge in [0, 0.05) is 25.7 Å². The predicted octanol–water partition coefficient (Wildman–Crippen LogP) is 3.32. The Bertz CT molecular complexity index is 729. The van der Waals surface area contributed by atoms with Crippen LogP contribution in [-0.2, 0) is 13.1 Å². The molecule has 0 aliphatic carbocycles. The molecule has 0 saturated heterocycles. The van der Waals surface area contributed by atoms with Gasteiger partial charge in [-0.2, -0.15) is 0 Å². The summed E-state index contributed by atoms with van der Waals surface area (Å²) in [7, 11) is 3.39. The van der Waals surface area contributed by atoms with E-state index in [1.54, 1.807) is 27.1 Å². The maximum absolute atomic E-state index is 13.3. The van der Waals surface area contributed by atoms with E-state index in [0.29, 0.717) is 24.6 Å². The summed E-state index contributed by atoms with van der Waals surface area (Å²) >= 11 is 0. The highest BCUT2D eigenvalue weighted by Gasteiger charge is 2.05. The largest absolute Gasteiger partial charge is 0.496 e. The van der Waals surface area contributed by atoms with E-state index in [2.05, 4.69) is 21.7 Å². The maximum Gasteiger partial charge on any atom is 0.191 e. The van der Waals surface area contributed by atoms with Gasteiger partial charge in [0.15, 0.2) is 5.96 Å². The first-order valence-corrected chi connectivity index (χ1v) is 7.86. The SMILES string of the molecule is CN=C(NCc1ccc(F)c(C)c1)NCc1ccc(C)cc1OC. The summed E-state index contributed by atoms with van der Waals surface area (Å²) < 4.78 is 18.7. The summed E-state index contributed by atoms with van der Waals surface area (Å²) in [6, 6.07) is 11.2. The lowest BCUT2D eigenvalue weighted by Crippen LogP contribution is -2.36. The highest BCUT2D eigenvalue weighted by molar-refractivity contribution is 5.79. The van der Waals surface area contributed by atoms with Crippen molar-refractivity contribution in [1.29, 1.82) is 0 Å². The van der Waals surface area contributed by atoms with E-state index in [1.807, 2.05) is 25.1 Å². The molecule has 5 heteroatoms. The van der Waals surface area contributed by atoms with E-state index in [0.717, 1.165) is 22.4 Å². The molecule has 0 aliphatic rings. The van der Waals surface area contributed by atoms with Gasteiger partial charge in [0.2, 0.25) is 0 Å². The van der Waals surface area contributed by atoms with Crippen molar-refractivity contribution in [3.05, 3.63) is 64.5 Å². The fourth-order valence-electron chi connectivity index (χ4n) is 2.40. The lowest BCUT2D eigenvalue weighted by molar-refractivity contribution is 0.408. The van der Waals surface area contributed by atoms with Gasteiger partial charge in [0.05, 0.1) is 7.11 Å². The molecular formula is C19H24FN3O. The number of benzene rings is 2. The standard InChI is InChI=1S/C19H24FN3O/c1-13-5-7-16(18(9-13)24-4)12-23-19(21-3)22-11-15-6-8-17(20)14(2)10-15/h5-10H,11-12H2,1-4H3,(H2,21,22,23). The number of hydrogen-bond acceptors (Lipinski definition) is 2. The summed E-state index contributed by atoms with van der Waals surface area (Å²) in [5.74, 6) is 1.35. The summed E-state index contributed by atoms with van der Waals surface area (Å²) in [5, 5.41) is 6.49. The highest BCUT2D eigenvalue weighted by Crippen LogP contribution is 2.19. The smallest absolute Gasteiger partial charge is 0.191 e. The van der Waals surface area contributed by atoms with Crippen LogP contribution in [0.2, 0.25) is 0 Å². The van der Waals surface area contributed by atoms with Crippen LogP contribution in [0.15, 0.2) is 41.4 Å². The van der Waals surface area contributed by atoms with Crippen LogP contribution in [0.3, 0.4) is 0 Å². The molecule has 0 fully saturated rings. The molecule has 0 heterocycles. The van der Waals surface area contributed by atoms with Crippen molar-refractivity contribution in [3.63, 3.8) is 0 Å². The number of guanidine groups is 1. The van der Waals surface area contributed by atoms with Gasteiger partial charge in [-0.25, -0.2) is 4.39 Å². The van der Waals surface area contributed by atoms with E-state index in [1.165, 1.54) is 6.07 Å². The molecule has 0 aromatic heterocycles. The average molecular weight is 329 g/mol. The summed E-state index contributed by atoms with van der Waals surface area (Å²) in [6.45, 7) is 4.97. The zero-order chi connectivity index (χ0) is 17.5. The van der Waals surface area contributed by atoms with Crippen molar-refractivity contribution in [2.24, 2.45) is 4.99 Å². The Morgan fingerprint density at radius 2 is 1.83 bits per heavy atom. The predicted molar refractivity (Wildman–Crippen MR) is 95.9 cm³/mol. The fraction of sp³-hybridized carbons (Fsp3) is 0.316. The van der Waals surface area contributed by atoms with Crippen LogP contribution in [-0.4, -0.2) is 20.1 Å². The number of hydrogen-bond donors (Lipinski definition) is 2. The third-order valence-electron chi connectivity index (χ3n) is 3.79. The molecule has 2 N–H and O–H groups in total. The van der Waals surface area contributed by atoms with E-state index in [9.17, 15) is 4.39 Å². The number of nitrogens with zero attached hydrogens (tertiary/aromatic N) is 1. The number of methoxy groups -OCH3 is 1. The second-order valence-electron chi connectivity index (χ2n) is 5.68. The van der Waals surface area contributed by atoms with Crippen LogP contribution in [0.25, 0.3) is 0 Å². The Hall–Kier alpha value is -2.56. The molecule has 24 heavy (non-hydrogen) atoms. The molecular weight excluding hydrogens is 305 g/mol. The quantitative estimate of drug-likeness (QED) is 0.653. The number of aryl methyl sites for hydroxylation is 2. The fourth-order valence-corrected chi connectivity index (χ4v) is 2.40. The zero-order valence-electron chi connectivity index (χ0n) is 14.6. The lowest BCUT2D eigenvalue weighted by atomic mass is 10.1. The van der Waals surface area contributed by atoms with Crippen molar-refractivity contribution in [2.45, 2.75) is 26.9 Å². The number of nitrogens with one attached hydrogen (secondary N) is 2. The molecule has 0 amide bonds. The van der Waals surface area contributed by atoms with Crippen molar-refractivity contribution in [3.8, 4) is 5.75 Å². The molecule has 0 unspecified atom stereocenters. The maximum atomic E-state index is 13.3. The Balaban J connectivity index is 1.94. The Morgan fingerprint density at radius 1 is 1.08 bits per heavy atom. The van der Waals surface area contributed by atoms with Crippen LogP contribution in [0.1, 0.15) is 22.3 Å². The molecule has 0 aliphatic heterocycles. The van der Waals surface area contributed by atoms with E-state index < -0.39 is 0 Å². The van der Waals surface area contributed by atoms with Gasteiger partial charge in [0.25, 0.3) is 0 Å². The van der Waals surface area contributed by atoms with E-state index >= 15 is 0 Å². The third-order valence-corrected chi connectivity index (χ3v) is 3.79. The van der Waals surface area contributed by atoms with Crippen LogP contribution >= 0.6 is 0 Å². The van der Waals surface area contributed by atoms with Gasteiger partial charge in [0.1, 0.15) is 11.6 Å². The minimum absolute atomic E-state index is 0.187. The summed E-state index contributed by atoms with van der Waals surface area (Å²) in [4.78, 5) is 4.21. The van der Waals surface area contributed by atoms with Crippen LogP contribution in [0.5, 0.6) is 5.75 Å². The van der Waals surface area contributed by atoms with Crippen LogP contribution in [0, 0.1) is 19.7 Å². The molecule has 2 aromatic rings. The Kier molecular flexibility index (Phi) is 6.18. The molecule has 0 atom stereocenters. The first kappa shape index (κ1) is 17.8. The van der Waals surface area contributed by atoms with Gasteiger partial charge in [-0.05, 0) is 42.7 Å². The van der Waals surface area contributed by atoms with E-state index in [-0.39, 0.29) is 5.82 Å². The zero-order valence-corrected chi connectivity index (χ0v) is 14.6. The summed E-state index contributed by atoms with van der Waals surface area (Å²) in [6.07, 6.45) is 0. The first-order valence-electron chi connectivity index (χ1n) is 7.86. The Morgan fingerprint density at radius 3 is 2.50 bits per heavy atom. The Labute approximate surface area is 142 Å². The monoisotopic (exact) mass is 329 g/mol. The van der Waals surface area contributed by atoms with E-state index in [4.69, 9.17) is 4.74 Å². The first-order chi connectivity index (χ1) is 11.5. The molecule has 0 bridgehead atoms. The van der Waals surface area contributed by atoms with Crippen LogP contribution in [0.4, 0.5) is 4.39 Å². The van der Waals surface area contributed by atoms with Gasteiger partial charge in [-0.1, -0.05) is 24.3 Å². The van der Waals surface area contributed by atoms with Crippen molar-refractivity contribution < 1.29 is 9.13 Å². The molecule has 0 radical (unpaired) electrons. The normalized spacial score (nSPS) is 11.3. The van der Waals surface area contributed by atoms with Crippen LogP contribution < -0.4 is 15.4 Å². The molecule has 0 saturated carbocycles. The molecule has 4 nitrogen and oxygen atoms in total. The lowest BCUT2D eigenvalue weighted by Gasteiger charge is -2.14. The van der Waals surface area contributed by atoms with Gasteiger partial charge in [-0.3, -0.25) is 4.99 Å². The number of ether oxygens (including phenoxy) is 1. The second kappa shape index (κ2) is 8.34. The summed E-state index contributed by atoms with van der Waals surface area (Å²) in [5.41, 5.74) is 3.86. The molecule has 2 rings (SSSR count). The second-order valence-corrected chi connectivity index (χ2v) is 5.68. The van der Waals surface area contributed by atoms with Crippen molar-refractivity contribution in [1.82, 2.24) is 10.6 Å². The highest BCUT2D eigenvalue weighted by atomic mass is 19.1. The number of aliphatic imine (C=N–C) groups is 1. The van der Waals surface area contributed by atoms with Gasteiger partial charge in [-0.15, -0.1) is 0 Å². The van der Waals surface area contributed by atoms with Crippen molar-refractivity contribution >= 4 is 5.96 Å². The minimum Gasteiger partial charge on any atom is -0.496 e. The minimum atomic E-state index is -0.187. The number of rotatable bonds is 5. The molecule has 2 aromatic carbocycles. The van der Waals surface area contributed by atoms with Gasteiger partial charge < -0.3 is 15.4 Å².